The van der Waals surface area contributed by atoms with Gasteiger partial charge in [0.2, 0.25) is 0 Å². The van der Waals surface area contributed by atoms with Gasteiger partial charge in [-0.3, -0.25) is 19.2 Å². The van der Waals surface area contributed by atoms with Crippen LogP contribution in [0, 0.1) is 23.7 Å². The number of benzene rings is 2. The van der Waals surface area contributed by atoms with Gasteiger partial charge >= 0.3 is 0 Å². The standard InChI is InChI=1S/C24H18BrClN2O4/c25-17-7-3-13(4-8-17)19(29)12-27(22(30)14-5-9-18(26)10-6-14)28-23(31)20-15-1-2-16(11-15)21(20)24(28)32/h1-10,15-16,20-21H,11-12H2/t15-,16-,20-,21+/m0/s1. The van der Waals surface area contributed by atoms with Crippen LogP contribution in [0.4, 0.5) is 0 Å². The van der Waals surface area contributed by atoms with E-state index in [0.717, 1.165) is 20.9 Å². The van der Waals surface area contributed by atoms with Crippen LogP contribution in [0.3, 0.4) is 0 Å². The highest BCUT2D eigenvalue weighted by Crippen LogP contribution is 2.52. The van der Waals surface area contributed by atoms with E-state index >= 15 is 0 Å². The molecule has 1 saturated carbocycles. The van der Waals surface area contributed by atoms with E-state index in [1.54, 1.807) is 36.4 Å². The van der Waals surface area contributed by atoms with Crippen LogP contribution in [0.2, 0.25) is 5.02 Å². The van der Waals surface area contributed by atoms with Crippen LogP contribution in [0.25, 0.3) is 0 Å². The van der Waals surface area contributed by atoms with Gasteiger partial charge in [0, 0.05) is 20.6 Å². The number of rotatable bonds is 5. The highest BCUT2D eigenvalue weighted by Gasteiger charge is 2.61. The largest absolute Gasteiger partial charge is 0.292 e. The Morgan fingerprint density at radius 3 is 2.00 bits per heavy atom. The molecule has 2 aromatic carbocycles. The Morgan fingerprint density at radius 1 is 0.906 bits per heavy atom. The normalized spacial score (nSPS) is 25.4. The minimum atomic E-state index is -0.603. The van der Waals surface area contributed by atoms with Crippen molar-refractivity contribution in [1.82, 2.24) is 10.0 Å². The summed E-state index contributed by atoms with van der Waals surface area (Å²) in [6, 6.07) is 12.8. The van der Waals surface area contributed by atoms with Crippen molar-refractivity contribution in [3.05, 3.63) is 81.3 Å². The van der Waals surface area contributed by atoms with E-state index < -0.39 is 36.1 Å². The molecule has 1 heterocycles. The predicted octanol–water partition coefficient (Wildman–Crippen LogP) is 4.15. The fourth-order valence-corrected chi connectivity index (χ4v) is 5.35. The number of carbonyl (C=O) groups excluding carboxylic acids is 4. The molecule has 1 saturated heterocycles. The molecule has 2 bridgehead atoms. The molecule has 8 heteroatoms. The Bertz CT molecular complexity index is 1130. The summed E-state index contributed by atoms with van der Waals surface area (Å²) >= 11 is 9.27. The van der Waals surface area contributed by atoms with E-state index in [9.17, 15) is 19.2 Å². The third kappa shape index (κ3) is 3.40. The molecule has 1 aliphatic heterocycles. The SMILES string of the molecule is O=C(CN(C(=O)c1ccc(Cl)cc1)N1C(=O)[C@@H]2[C@H](C1=O)[C@H]1C=C[C@H]2C1)c1ccc(Br)cc1. The minimum Gasteiger partial charge on any atom is -0.292 e. The molecule has 3 aliphatic rings. The monoisotopic (exact) mass is 512 g/mol. The zero-order chi connectivity index (χ0) is 22.6. The van der Waals surface area contributed by atoms with Crippen LogP contribution in [-0.4, -0.2) is 40.1 Å². The second kappa shape index (κ2) is 7.98. The van der Waals surface area contributed by atoms with Gasteiger partial charge in [0.15, 0.2) is 5.78 Å². The molecule has 4 atom stereocenters. The Morgan fingerprint density at radius 2 is 1.44 bits per heavy atom. The smallest absolute Gasteiger partial charge is 0.273 e. The summed E-state index contributed by atoms with van der Waals surface area (Å²) in [4.78, 5) is 53.1. The summed E-state index contributed by atoms with van der Waals surface area (Å²) in [7, 11) is 0. The number of halogens is 2. The Kier molecular flexibility index (Phi) is 5.26. The van der Waals surface area contributed by atoms with Crippen LogP contribution < -0.4 is 0 Å². The summed E-state index contributed by atoms with van der Waals surface area (Å²) in [5, 5.41) is 2.36. The number of Topliss-reactive ketones (excluding diaryl/α,β-unsaturated/α-hetero) is 1. The molecule has 0 radical (unpaired) electrons. The van der Waals surface area contributed by atoms with Crippen molar-refractivity contribution in [2.45, 2.75) is 6.42 Å². The number of amides is 3. The fraction of sp³-hybridized carbons (Fsp3) is 0.250. The number of imide groups is 1. The highest BCUT2D eigenvalue weighted by molar-refractivity contribution is 9.10. The third-order valence-electron chi connectivity index (χ3n) is 6.47. The number of hydrogen-bond donors (Lipinski definition) is 0. The first-order valence-electron chi connectivity index (χ1n) is 10.3. The molecule has 0 N–H and O–H groups in total. The van der Waals surface area contributed by atoms with Gasteiger partial charge in [-0.15, -0.1) is 0 Å². The van der Waals surface area contributed by atoms with Crippen molar-refractivity contribution in [3.63, 3.8) is 0 Å². The van der Waals surface area contributed by atoms with Gasteiger partial charge in [0.1, 0.15) is 6.54 Å². The lowest BCUT2D eigenvalue weighted by atomic mass is 9.85. The van der Waals surface area contributed by atoms with Crippen LogP contribution >= 0.6 is 27.5 Å². The fourth-order valence-electron chi connectivity index (χ4n) is 4.96. The number of allylic oxidation sites excluding steroid dienone is 2. The molecule has 2 fully saturated rings. The maximum Gasteiger partial charge on any atom is 0.273 e. The van der Waals surface area contributed by atoms with Gasteiger partial charge in [-0.2, -0.15) is 5.01 Å². The molecule has 0 unspecified atom stereocenters. The average Bonchev–Trinajstić information content (AvgIpc) is 3.47. The van der Waals surface area contributed by atoms with E-state index in [4.69, 9.17) is 11.6 Å². The first kappa shape index (κ1) is 21.1. The predicted molar refractivity (Wildman–Crippen MR) is 121 cm³/mol. The molecule has 6 nitrogen and oxygen atoms in total. The van der Waals surface area contributed by atoms with E-state index in [0.29, 0.717) is 10.6 Å². The van der Waals surface area contributed by atoms with Crippen molar-refractivity contribution in [2.75, 3.05) is 6.54 Å². The number of nitrogens with zero attached hydrogens (tertiary/aromatic N) is 2. The van der Waals surface area contributed by atoms with Crippen molar-refractivity contribution in [1.29, 1.82) is 0 Å². The van der Waals surface area contributed by atoms with Gasteiger partial charge in [-0.1, -0.05) is 51.8 Å². The van der Waals surface area contributed by atoms with Gasteiger partial charge < -0.3 is 0 Å². The Balaban J connectivity index is 1.49. The van der Waals surface area contributed by atoms with Crippen molar-refractivity contribution in [2.24, 2.45) is 23.7 Å². The summed E-state index contributed by atoms with van der Waals surface area (Å²) in [5.74, 6) is -2.75. The molecule has 5 rings (SSSR count). The van der Waals surface area contributed by atoms with E-state index in [1.165, 1.54) is 12.1 Å². The van der Waals surface area contributed by atoms with Gasteiger partial charge in [-0.25, -0.2) is 5.01 Å². The molecular weight excluding hydrogens is 496 g/mol. The number of ketones is 1. The average molecular weight is 514 g/mol. The Labute approximate surface area is 197 Å². The summed E-state index contributed by atoms with van der Waals surface area (Å²) in [6.45, 7) is -0.428. The molecular formula is C24H18BrClN2O4. The van der Waals surface area contributed by atoms with Gasteiger partial charge in [-0.05, 0) is 54.7 Å². The van der Waals surface area contributed by atoms with Gasteiger partial charge in [0.05, 0.1) is 11.8 Å². The van der Waals surface area contributed by atoms with Crippen molar-refractivity contribution < 1.29 is 19.2 Å². The molecule has 2 aliphatic carbocycles. The molecule has 32 heavy (non-hydrogen) atoms. The Hall–Kier alpha value is -2.77. The third-order valence-corrected chi connectivity index (χ3v) is 7.25. The van der Waals surface area contributed by atoms with Crippen molar-refractivity contribution >= 4 is 51.0 Å². The van der Waals surface area contributed by atoms with Crippen LogP contribution in [0.5, 0.6) is 0 Å². The lowest BCUT2D eigenvalue weighted by Crippen LogP contribution is -2.52. The lowest BCUT2D eigenvalue weighted by Gasteiger charge is -2.30. The molecule has 2 aromatic rings. The molecule has 0 spiro atoms. The highest BCUT2D eigenvalue weighted by atomic mass is 79.9. The maximum absolute atomic E-state index is 13.4. The molecule has 162 valence electrons. The minimum absolute atomic E-state index is 0.00103. The molecule has 3 amide bonds. The maximum atomic E-state index is 13.4. The second-order valence-corrected chi connectivity index (χ2v) is 9.64. The number of hydrogen-bond acceptors (Lipinski definition) is 4. The van der Waals surface area contributed by atoms with E-state index in [-0.39, 0.29) is 23.2 Å². The van der Waals surface area contributed by atoms with Crippen LogP contribution in [-0.2, 0) is 9.59 Å². The second-order valence-electron chi connectivity index (χ2n) is 8.29. The summed E-state index contributed by atoms with van der Waals surface area (Å²) in [6.07, 6.45) is 4.75. The zero-order valence-corrected chi connectivity index (χ0v) is 19.1. The first-order valence-corrected chi connectivity index (χ1v) is 11.4. The lowest BCUT2D eigenvalue weighted by molar-refractivity contribution is -0.154. The van der Waals surface area contributed by atoms with E-state index in [2.05, 4.69) is 15.9 Å². The topological polar surface area (TPSA) is 74.8 Å². The summed E-state index contributed by atoms with van der Waals surface area (Å²) < 4.78 is 0.809. The van der Waals surface area contributed by atoms with Crippen LogP contribution in [0.1, 0.15) is 27.1 Å². The number of carbonyl (C=O) groups is 4. The van der Waals surface area contributed by atoms with Gasteiger partial charge in [0.25, 0.3) is 17.7 Å². The summed E-state index contributed by atoms with van der Waals surface area (Å²) in [5.41, 5.74) is 0.611. The molecule has 0 aromatic heterocycles. The van der Waals surface area contributed by atoms with Crippen molar-refractivity contribution in [3.8, 4) is 0 Å². The quantitative estimate of drug-likeness (QED) is 0.342. The number of fused-ring (bicyclic) bond motifs is 5. The first-order chi connectivity index (χ1) is 15.3. The van der Waals surface area contributed by atoms with E-state index in [1.807, 2.05) is 12.2 Å². The van der Waals surface area contributed by atoms with Crippen LogP contribution in [0.15, 0.2) is 65.2 Å². The number of hydrazine groups is 1. The zero-order valence-electron chi connectivity index (χ0n) is 16.8.